The zero-order chi connectivity index (χ0) is 20.0. The smallest absolute Gasteiger partial charge is 0.311 e. The molecule has 0 bridgehead atoms. The van der Waals surface area contributed by atoms with Crippen molar-refractivity contribution in [3.63, 3.8) is 0 Å². The molecule has 0 spiro atoms. The van der Waals surface area contributed by atoms with Crippen LogP contribution in [0, 0.1) is 6.92 Å². The molecule has 0 unspecified atom stereocenters. The highest BCUT2D eigenvalue weighted by molar-refractivity contribution is 8.02. The van der Waals surface area contributed by atoms with Gasteiger partial charge in [-0.25, -0.2) is 14.3 Å². The number of para-hydroxylation sites is 2. The molecule has 4 aromatic rings. The lowest BCUT2D eigenvalue weighted by Crippen LogP contribution is -2.33. The van der Waals surface area contributed by atoms with Gasteiger partial charge in [0.15, 0.2) is 0 Å². The normalized spacial score (nSPS) is 13.6. The van der Waals surface area contributed by atoms with Crippen LogP contribution in [-0.2, 0) is 6.42 Å². The van der Waals surface area contributed by atoms with E-state index in [-0.39, 0.29) is 5.56 Å². The van der Waals surface area contributed by atoms with Crippen LogP contribution in [0.15, 0.2) is 62.3 Å². The standard InChI is InChI=1S/C21H18N4O2S2/c1-13-19(29-24-12-6-8-14-7-2-5-11-17(14)24)28-21(22-13)25-18(26)15-9-3-4-10-16(15)23-20(25)27/h2-5,7,9-11H,6,8,12H2,1H3,(H,23,27). The van der Waals surface area contributed by atoms with Crippen LogP contribution in [-0.4, -0.2) is 21.1 Å². The van der Waals surface area contributed by atoms with Crippen molar-refractivity contribution in [1.29, 1.82) is 0 Å². The summed E-state index contributed by atoms with van der Waals surface area (Å²) in [4.78, 5) is 32.8. The first kappa shape index (κ1) is 18.2. The number of benzene rings is 2. The number of H-pyrrole nitrogens is 1. The van der Waals surface area contributed by atoms with Crippen LogP contribution in [0.1, 0.15) is 17.7 Å². The fraction of sp³-hybridized carbons (Fsp3) is 0.190. The molecule has 0 saturated carbocycles. The van der Waals surface area contributed by atoms with Crippen LogP contribution >= 0.6 is 23.3 Å². The number of rotatable bonds is 3. The van der Waals surface area contributed by atoms with Crippen molar-refractivity contribution >= 4 is 39.9 Å². The van der Waals surface area contributed by atoms with E-state index >= 15 is 0 Å². The Kier molecular flexibility index (Phi) is 4.52. The van der Waals surface area contributed by atoms with E-state index in [1.54, 1.807) is 36.2 Å². The monoisotopic (exact) mass is 422 g/mol. The topological polar surface area (TPSA) is 71.0 Å². The highest BCUT2D eigenvalue weighted by Gasteiger charge is 2.21. The summed E-state index contributed by atoms with van der Waals surface area (Å²) in [6, 6.07) is 15.4. The van der Waals surface area contributed by atoms with Crippen molar-refractivity contribution in [3.8, 4) is 5.13 Å². The van der Waals surface area contributed by atoms with Gasteiger partial charge in [0.05, 0.1) is 22.3 Å². The van der Waals surface area contributed by atoms with Gasteiger partial charge in [0.1, 0.15) is 4.21 Å². The molecule has 8 heteroatoms. The lowest BCUT2D eigenvalue weighted by molar-refractivity contribution is 0.795. The number of fused-ring (bicyclic) bond motifs is 2. The van der Waals surface area contributed by atoms with Crippen molar-refractivity contribution < 1.29 is 0 Å². The third-order valence-electron chi connectivity index (χ3n) is 5.00. The summed E-state index contributed by atoms with van der Waals surface area (Å²) in [7, 11) is 0. The molecule has 2 aromatic heterocycles. The average molecular weight is 423 g/mol. The van der Waals surface area contributed by atoms with Crippen molar-refractivity contribution in [3.05, 3.63) is 80.6 Å². The van der Waals surface area contributed by atoms with E-state index in [4.69, 9.17) is 0 Å². The highest BCUT2D eigenvalue weighted by Crippen LogP contribution is 2.39. The first-order valence-electron chi connectivity index (χ1n) is 9.37. The number of anilines is 1. The molecule has 1 aliphatic heterocycles. The average Bonchev–Trinajstić information content (AvgIpc) is 3.08. The first-order valence-corrected chi connectivity index (χ1v) is 11.0. The minimum Gasteiger partial charge on any atom is -0.311 e. The van der Waals surface area contributed by atoms with Gasteiger partial charge in [-0.05, 0) is 43.5 Å². The van der Waals surface area contributed by atoms with Gasteiger partial charge in [0, 0.05) is 18.5 Å². The van der Waals surface area contributed by atoms with Gasteiger partial charge in [-0.1, -0.05) is 41.7 Å². The molecule has 6 nitrogen and oxygen atoms in total. The number of nitrogens with zero attached hydrogens (tertiary/aromatic N) is 3. The third kappa shape index (κ3) is 3.18. The zero-order valence-corrected chi connectivity index (χ0v) is 17.3. The summed E-state index contributed by atoms with van der Waals surface area (Å²) in [5.74, 6) is 0. The summed E-state index contributed by atoms with van der Waals surface area (Å²) < 4.78 is 4.39. The second-order valence-corrected chi connectivity index (χ2v) is 9.18. The summed E-state index contributed by atoms with van der Waals surface area (Å²) in [5.41, 5.74) is 3.10. The molecule has 0 amide bonds. The Morgan fingerprint density at radius 2 is 1.90 bits per heavy atom. The Morgan fingerprint density at radius 3 is 2.79 bits per heavy atom. The number of aromatic amines is 1. The number of aromatic nitrogens is 3. The Morgan fingerprint density at radius 1 is 1.10 bits per heavy atom. The van der Waals surface area contributed by atoms with Crippen LogP contribution in [0.2, 0.25) is 0 Å². The number of hydrogen-bond donors (Lipinski definition) is 1. The molecule has 146 valence electrons. The second kappa shape index (κ2) is 7.20. The summed E-state index contributed by atoms with van der Waals surface area (Å²) >= 11 is 3.00. The van der Waals surface area contributed by atoms with Crippen LogP contribution < -0.4 is 15.6 Å². The van der Waals surface area contributed by atoms with E-state index in [2.05, 4.69) is 38.5 Å². The first-order chi connectivity index (χ1) is 14.1. The van der Waals surface area contributed by atoms with E-state index in [0.29, 0.717) is 16.0 Å². The fourth-order valence-electron chi connectivity index (χ4n) is 3.58. The molecule has 0 atom stereocenters. The quantitative estimate of drug-likeness (QED) is 0.507. The molecule has 3 heterocycles. The van der Waals surface area contributed by atoms with E-state index < -0.39 is 5.69 Å². The van der Waals surface area contributed by atoms with E-state index in [0.717, 1.165) is 33.9 Å². The molecule has 0 fully saturated rings. The van der Waals surface area contributed by atoms with Crippen LogP contribution in [0.3, 0.4) is 0 Å². The highest BCUT2D eigenvalue weighted by atomic mass is 32.2. The maximum Gasteiger partial charge on any atom is 0.335 e. The largest absolute Gasteiger partial charge is 0.335 e. The second-order valence-electron chi connectivity index (χ2n) is 6.91. The SMILES string of the molecule is Cc1nc(-n2c(=O)[nH]c3ccccc3c2=O)sc1SN1CCCc2ccccc21. The molecular formula is C21H18N4O2S2. The van der Waals surface area contributed by atoms with Crippen molar-refractivity contribution in [2.45, 2.75) is 24.0 Å². The van der Waals surface area contributed by atoms with Gasteiger partial charge in [-0.15, -0.1) is 0 Å². The van der Waals surface area contributed by atoms with Gasteiger partial charge in [-0.3, -0.25) is 4.79 Å². The van der Waals surface area contributed by atoms with Gasteiger partial charge in [0.2, 0.25) is 5.13 Å². The molecule has 29 heavy (non-hydrogen) atoms. The van der Waals surface area contributed by atoms with E-state index in [9.17, 15) is 9.59 Å². The summed E-state index contributed by atoms with van der Waals surface area (Å²) in [5, 5.41) is 0.867. The van der Waals surface area contributed by atoms with E-state index in [1.807, 2.05) is 6.92 Å². The molecule has 0 aliphatic carbocycles. The number of thiazole rings is 1. The summed E-state index contributed by atoms with van der Waals surface area (Å²) in [6.07, 6.45) is 2.18. The van der Waals surface area contributed by atoms with Crippen LogP contribution in [0.4, 0.5) is 5.69 Å². The molecule has 1 N–H and O–H groups in total. The van der Waals surface area contributed by atoms with Crippen LogP contribution in [0.25, 0.3) is 16.0 Å². The maximum absolute atomic E-state index is 12.9. The lowest BCUT2D eigenvalue weighted by Gasteiger charge is -2.29. The predicted octanol–water partition coefficient (Wildman–Crippen LogP) is 3.90. The van der Waals surface area contributed by atoms with Crippen molar-refractivity contribution in [2.24, 2.45) is 0 Å². The minimum absolute atomic E-state index is 0.349. The van der Waals surface area contributed by atoms with Crippen molar-refractivity contribution in [2.75, 3.05) is 10.8 Å². The summed E-state index contributed by atoms with van der Waals surface area (Å²) in [6.45, 7) is 2.86. The Balaban J connectivity index is 1.55. The van der Waals surface area contributed by atoms with Crippen molar-refractivity contribution in [1.82, 2.24) is 14.5 Å². The lowest BCUT2D eigenvalue weighted by atomic mass is 10.0. The number of nitrogens with one attached hydrogen (secondary N) is 1. The third-order valence-corrected chi connectivity index (χ3v) is 7.47. The molecule has 2 aromatic carbocycles. The number of aryl methyl sites for hydroxylation is 2. The number of hydrogen-bond acceptors (Lipinski definition) is 6. The van der Waals surface area contributed by atoms with E-state index in [1.165, 1.54) is 22.6 Å². The Labute approximate surface area is 175 Å². The molecule has 0 saturated heterocycles. The van der Waals surface area contributed by atoms with Gasteiger partial charge in [0.25, 0.3) is 5.56 Å². The van der Waals surface area contributed by atoms with Gasteiger partial charge >= 0.3 is 5.69 Å². The van der Waals surface area contributed by atoms with Gasteiger partial charge < -0.3 is 9.29 Å². The van der Waals surface area contributed by atoms with Gasteiger partial charge in [-0.2, -0.15) is 0 Å². The minimum atomic E-state index is -0.470. The Hall–Kier alpha value is -2.84. The fourth-order valence-corrected chi connectivity index (χ4v) is 5.90. The Bertz CT molecular complexity index is 1340. The molecular weight excluding hydrogens is 404 g/mol. The maximum atomic E-state index is 12.9. The van der Waals surface area contributed by atoms with Crippen LogP contribution in [0.5, 0.6) is 0 Å². The molecule has 0 radical (unpaired) electrons. The predicted molar refractivity (Wildman–Crippen MR) is 119 cm³/mol. The molecule has 5 rings (SSSR count). The zero-order valence-electron chi connectivity index (χ0n) is 15.7. The molecule has 1 aliphatic rings.